The fraction of sp³-hybridized carbons (Fsp3) is 0.636. The van der Waals surface area contributed by atoms with Gasteiger partial charge in [0.2, 0.25) is 5.91 Å². The third-order valence-electron chi connectivity index (χ3n) is 5.84. The van der Waals surface area contributed by atoms with Crippen LogP contribution < -0.4 is 15.5 Å². The lowest BCUT2D eigenvalue weighted by Gasteiger charge is -2.35. The lowest BCUT2D eigenvalue weighted by atomic mass is 9.97. The van der Waals surface area contributed by atoms with Crippen molar-refractivity contribution in [3.8, 4) is 0 Å². The van der Waals surface area contributed by atoms with Crippen molar-refractivity contribution < 1.29 is 4.79 Å². The molecule has 2 N–H and O–H groups in total. The number of rotatable bonds is 6. The Balaban J connectivity index is 0.00000300. The van der Waals surface area contributed by atoms with Crippen LogP contribution in [0.4, 0.5) is 5.69 Å². The van der Waals surface area contributed by atoms with Crippen molar-refractivity contribution in [2.75, 3.05) is 38.1 Å². The largest absolute Gasteiger partial charge is 0.356 e. The molecule has 1 amide bonds. The first-order chi connectivity index (χ1) is 13.6. The number of benzene rings is 1. The van der Waals surface area contributed by atoms with Gasteiger partial charge < -0.3 is 20.4 Å². The molecule has 0 saturated carbocycles. The van der Waals surface area contributed by atoms with Crippen LogP contribution in [0.15, 0.2) is 29.3 Å². The van der Waals surface area contributed by atoms with E-state index in [2.05, 4.69) is 46.5 Å². The van der Waals surface area contributed by atoms with Crippen LogP contribution in [0.5, 0.6) is 0 Å². The number of carbonyl (C=O) groups is 1. The molecule has 1 atom stereocenters. The Morgan fingerprint density at radius 1 is 1.17 bits per heavy atom. The number of halogens is 1. The summed E-state index contributed by atoms with van der Waals surface area (Å²) >= 11 is 0. The highest BCUT2D eigenvalue weighted by Crippen LogP contribution is 2.21. The zero-order valence-corrected chi connectivity index (χ0v) is 20.3. The molecule has 2 heterocycles. The topological polar surface area (TPSA) is 60.0 Å². The second kappa shape index (κ2) is 11.7. The molecule has 1 unspecified atom stereocenters. The van der Waals surface area contributed by atoms with Crippen molar-refractivity contribution in [1.82, 2.24) is 15.5 Å². The highest BCUT2D eigenvalue weighted by atomic mass is 127. The fourth-order valence-electron chi connectivity index (χ4n) is 4.10. The average molecular weight is 513 g/mol. The lowest BCUT2D eigenvalue weighted by Crippen LogP contribution is -2.45. The van der Waals surface area contributed by atoms with Gasteiger partial charge in [-0.3, -0.25) is 9.79 Å². The Hall–Kier alpha value is -1.35. The summed E-state index contributed by atoms with van der Waals surface area (Å²) < 4.78 is 0. The molecule has 0 aliphatic carbocycles. The molecule has 0 radical (unpaired) electrons. The van der Waals surface area contributed by atoms with Gasteiger partial charge in [0.15, 0.2) is 5.96 Å². The molecule has 0 bridgehead atoms. The molecular weight excluding hydrogens is 477 g/mol. The predicted octanol–water partition coefficient (Wildman–Crippen LogP) is 3.22. The van der Waals surface area contributed by atoms with E-state index >= 15 is 0 Å². The van der Waals surface area contributed by atoms with Crippen molar-refractivity contribution in [1.29, 1.82) is 0 Å². The molecule has 0 spiro atoms. The van der Waals surface area contributed by atoms with Crippen LogP contribution in [0.1, 0.15) is 45.1 Å². The second-order valence-electron chi connectivity index (χ2n) is 8.22. The molecular formula is C22H36IN5O. The molecule has 2 saturated heterocycles. The van der Waals surface area contributed by atoms with E-state index in [1.54, 1.807) is 0 Å². The van der Waals surface area contributed by atoms with Gasteiger partial charge in [0.1, 0.15) is 0 Å². The van der Waals surface area contributed by atoms with Gasteiger partial charge >= 0.3 is 0 Å². The monoisotopic (exact) mass is 513 g/mol. The van der Waals surface area contributed by atoms with E-state index in [0.29, 0.717) is 18.4 Å². The fourth-order valence-corrected chi connectivity index (χ4v) is 4.10. The first-order valence-corrected chi connectivity index (χ1v) is 10.6. The quantitative estimate of drug-likeness (QED) is 0.349. The Morgan fingerprint density at radius 2 is 1.93 bits per heavy atom. The molecule has 6 nitrogen and oxygen atoms in total. The molecule has 2 aliphatic rings. The minimum absolute atomic E-state index is 0. The van der Waals surface area contributed by atoms with E-state index in [9.17, 15) is 4.79 Å². The van der Waals surface area contributed by atoms with E-state index in [1.807, 2.05) is 24.1 Å². The normalized spacial score (nSPS) is 20.7. The van der Waals surface area contributed by atoms with Gasteiger partial charge in [0.25, 0.3) is 0 Å². The number of carbonyl (C=O) groups excluding carboxylic acids is 1. The standard InChI is InChI=1S/C22H35N5O.HI/c1-17(2)26-12-4-6-19(16-26)15-25-22(23-3)24-14-18-8-10-20(11-9-18)27-13-5-7-21(27)28;/h8-11,17,19H,4-7,12-16H2,1-3H3,(H2,23,24,25);1H. The third-order valence-corrected chi connectivity index (χ3v) is 5.84. The van der Waals surface area contributed by atoms with E-state index in [1.165, 1.54) is 31.5 Å². The summed E-state index contributed by atoms with van der Waals surface area (Å²) in [6.45, 7) is 9.46. The molecule has 1 aromatic carbocycles. The maximum Gasteiger partial charge on any atom is 0.227 e. The zero-order chi connectivity index (χ0) is 19.9. The van der Waals surface area contributed by atoms with Gasteiger partial charge in [-0.25, -0.2) is 0 Å². The minimum Gasteiger partial charge on any atom is -0.356 e. The van der Waals surface area contributed by atoms with Crippen molar-refractivity contribution in [2.45, 2.75) is 52.1 Å². The average Bonchev–Trinajstić information content (AvgIpc) is 3.14. The second-order valence-corrected chi connectivity index (χ2v) is 8.22. The number of aliphatic imine (C=N–C) groups is 1. The van der Waals surface area contributed by atoms with Gasteiger partial charge in [0, 0.05) is 51.4 Å². The summed E-state index contributed by atoms with van der Waals surface area (Å²) in [6.07, 6.45) is 4.19. The molecule has 2 aliphatic heterocycles. The summed E-state index contributed by atoms with van der Waals surface area (Å²) in [6, 6.07) is 8.88. The lowest BCUT2D eigenvalue weighted by molar-refractivity contribution is -0.117. The van der Waals surface area contributed by atoms with Crippen LogP contribution in [0, 0.1) is 5.92 Å². The SMILES string of the molecule is CN=C(NCc1ccc(N2CCCC2=O)cc1)NCC1CCCN(C(C)C)C1.I. The van der Waals surface area contributed by atoms with Crippen LogP contribution in [-0.2, 0) is 11.3 Å². The van der Waals surface area contributed by atoms with Crippen molar-refractivity contribution in [2.24, 2.45) is 10.9 Å². The summed E-state index contributed by atoms with van der Waals surface area (Å²) in [4.78, 5) is 20.7. The number of nitrogens with one attached hydrogen (secondary N) is 2. The first kappa shape index (κ1) is 23.9. The Labute approximate surface area is 192 Å². The number of likely N-dealkylation sites (tertiary alicyclic amines) is 1. The van der Waals surface area contributed by atoms with Crippen molar-refractivity contribution >= 4 is 41.5 Å². The number of anilines is 1. The maximum atomic E-state index is 11.9. The minimum atomic E-state index is 0. The van der Waals surface area contributed by atoms with Crippen LogP contribution in [0.25, 0.3) is 0 Å². The number of hydrogen-bond donors (Lipinski definition) is 2. The molecule has 7 heteroatoms. The molecule has 29 heavy (non-hydrogen) atoms. The molecule has 3 rings (SSSR count). The van der Waals surface area contributed by atoms with Crippen LogP contribution in [0.2, 0.25) is 0 Å². The number of hydrogen-bond acceptors (Lipinski definition) is 3. The predicted molar refractivity (Wildman–Crippen MR) is 131 cm³/mol. The maximum absolute atomic E-state index is 11.9. The molecule has 162 valence electrons. The highest BCUT2D eigenvalue weighted by Gasteiger charge is 2.22. The molecule has 0 aromatic heterocycles. The Kier molecular flexibility index (Phi) is 9.68. The van der Waals surface area contributed by atoms with Gasteiger partial charge in [-0.15, -0.1) is 24.0 Å². The number of nitrogens with zero attached hydrogens (tertiary/aromatic N) is 3. The molecule has 1 aromatic rings. The Morgan fingerprint density at radius 3 is 2.55 bits per heavy atom. The van der Waals surface area contributed by atoms with Gasteiger partial charge in [0.05, 0.1) is 0 Å². The molecule has 2 fully saturated rings. The number of amides is 1. The highest BCUT2D eigenvalue weighted by molar-refractivity contribution is 14.0. The van der Waals surface area contributed by atoms with Gasteiger partial charge in [-0.1, -0.05) is 12.1 Å². The van der Waals surface area contributed by atoms with Crippen LogP contribution >= 0.6 is 24.0 Å². The van der Waals surface area contributed by atoms with E-state index in [4.69, 9.17) is 0 Å². The number of piperidine rings is 1. The van der Waals surface area contributed by atoms with E-state index in [-0.39, 0.29) is 29.9 Å². The van der Waals surface area contributed by atoms with Crippen molar-refractivity contribution in [3.05, 3.63) is 29.8 Å². The summed E-state index contributed by atoms with van der Waals surface area (Å²) in [7, 11) is 1.82. The van der Waals surface area contributed by atoms with E-state index < -0.39 is 0 Å². The first-order valence-electron chi connectivity index (χ1n) is 10.6. The summed E-state index contributed by atoms with van der Waals surface area (Å²) in [5.41, 5.74) is 2.18. The van der Waals surface area contributed by atoms with Gasteiger partial charge in [-0.05, 0) is 63.3 Å². The number of guanidine groups is 1. The van der Waals surface area contributed by atoms with Crippen molar-refractivity contribution in [3.63, 3.8) is 0 Å². The zero-order valence-electron chi connectivity index (χ0n) is 18.0. The van der Waals surface area contributed by atoms with E-state index in [0.717, 1.165) is 37.7 Å². The van der Waals surface area contributed by atoms with Crippen LogP contribution in [-0.4, -0.2) is 56.0 Å². The Bertz CT molecular complexity index is 676. The van der Waals surface area contributed by atoms with Crippen LogP contribution in [0.3, 0.4) is 0 Å². The van der Waals surface area contributed by atoms with Gasteiger partial charge in [-0.2, -0.15) is 0 Å². The third kappa shape index (κ3) is 6.84. The smallest absolute Gasteiger partial charge is 0.227 e. The summed E-state index contributed by atoms with van der Waals surface area (Å²) in [5.74, 6) is 1.75. The summed E-state index contributed by atoms with van der Waals surface area (Å²) in [5, 5.41) is 6.89.